The first-order valence-electron chi connectivity index (χ1n) is 7.96. The maximum Gasteiger partial charge on any atom is 0.216 e. The Labute approximate surface area is 139 Å². The van der Waals surface area contributed by atoms with Crippen LogP contribution in [0.2, 0.25) is 0 Å². The highest BCUT2D eigenvalue weighted by Gasteiger charge is 2.20. The standard InChI is InChI=1S/C19H25NO2S/c1-15(2)13-19(18-7-5-4-6-8-18)20-23(21,22)14-17-11-9-16(3)10-12-17/h4-12,15,19-20H,13-14H2,1-3H3/t19-/m1/s1. The van der Waals surface area contributed by atoms with Gasteiger partial charge in [-0.25, -0.2) is 13.1 Å². The lowest BCUT2D eigenvalue weighted by Crippen LogP contribution is -2.30. The highest BCUT2D eigenvalue weighted by Crippen LogP contribution is 2.22. The van der Waals surface area contributed by atoms with Gasteiger partial charge < -0.3 is 0 Å². The molecule has 2 aromatic carbocycles. The summed E-state index contributed by atoms with van der Waals surface area (Å²) in [6.07, 6.45) is 0.775. The molecule has 0 heterocycles. The summed E-state index contributed by atoms with van der Waals surface area (Å²) in [7, 11) is -3.39. The summed E-state index contributed by atoms with van der Waals surface area (Å²) < 4.78 is 28.0. The maximum absolute atomic E-state index is 12.5. The molecule has 0 saturated heterocycles. The van der Waals surface area contributed by atoms with E-state index in [0.29, 0.717) is 5.92 Å². The molecule has 0 fully saturated rings. The van der Waals surface area contributed by atoms with Crippen LogP contribution in [-0.4, -0.2) is 8.42 Å². The van der Waals surface area contributed by atoms with Gasteiger partial charge in [-0.1, -0.05) is 74.0 Å². The van der Waals surface area contributed by atoms with Crippen molar-refractivity contribution in [1.29, 1.82) is 0 Å². The number of nitrogens with one attached hydrogen (secondary N) is 1. The lowest BCUT2D eigenvalue weighted by molar-refractivity contribution is 0.472. The van der Waals surface area contributed by atoms with E-state index in [1.165, 1.54) is 0 Å². The van der Waals surface area contributed by atoms with Crippen molar-refractivity contribution in [3.8, 4) is 0 Å². The van der Waals surface area contributed by atoms with Crippen LogP contribution in [0.3, 0.4) is 0 Å². The predicted molar refractivity (Wildman–Crippen MR) is 95.6 cm³/mol. The molecule has 124 valence electrons. The van der Waals surface area contributed by atoms with Gasteiger partial charge in [0.25, 0.3) is 0 Å². The lowest BCUT2D eigenvalue weighted by Gasteiger charge is -2.21. The third-order valence-corrected chi connectivity index (χ3v) is 5.07. The molecule has 0 radical (unpaired) electrons. The second-order valence-corrected chi connectivity index (χ2v) is 8.21. The second-order valence-electron chi connectivity index (χ2n) is 6.46. The highest BCUT2D eigenvalue weighted by atomic mass is 32.2. The average molecular weight is 331 g/mol. The molecule has 0 aliphatic heterocycles. The molecule has 4 heteroatoms. The molecule has 0 bridgehead atoms. The van der Waals surface area contributed by atoms with Crippen LogP contribution in [-0.2, 0) is 15.8 Å². The first-order valence-corrected chi connectivity index (χ1v) is 9.61. The van der Waals surface area contributed by atoms with Gasteiger partial charge in [0, 0.05) is 6.04 Å². The lowest BCUT2D eigenvalue weighted by atomic mass is 9.98. The van der Waals surface area contributed by atoms with E-state index < -0.39 is 10.0 Å². The van der Waals surface area contributed by atoms with Crippen molar-refractivity contribution in [2.75, 3.05) is 0 Å². The van der Waals surface area contributed by atoms with Crippen molar-refractivity contribution in [2.45, 2.75) is 39.0 Å². The Balaban J connectivity index is 2.15. The Morgan fingerprint density at radius 1 is 0.957 bits per heavy atom. The molecule has 0 unspecified atom stereocenters. The topological polar surface area (TPSA) is 46.2 Å². The van der Waals surface area contributed by atoms with Crippen LogP contribution in [0.5, 0.6) is 0 Å². The quantitative estimate of drug-likeness (QED) is 0.826. The average Bonchev–Trinajstić information content (AvgIpc) is 2.49. The van der Waals surface area contributed by atoms with Gasteiger partial charge in [0.2, 0.25) is 10.0 Å². The van der Waals surface area contributed by atoms with Crippen molar-refractivity contribution in [3.05, 3.63) is 71.3 Å². The van der Waals surface area contributed by atoms with Crippen LogP contribution in [0.25, 0.3) is 0 Å². The summed E-state index contributed by atoms with van der Waals surface area (Å²) in [5.74, 6) is 0.414. The molecule has 0 aromatic heterocycles. The van der Waals surface area contributed by atoms with Gasteiger partial charge >= 0.3 is 0 Å². The first-order chi connectivity index (χ1) is 10.9. The zero-order chi connectivity index (χ0) is 16.9. The van der Waals surface area contributed by atoms with Crippen LogP contribution >= 0.6 is 0 Å². The molecular formula is C19H25NO2S. The SMILES string of the molecule is Cc1ccc(CS(=O)(=O)N[C@H](CC(C)C)c2ccccc2)cc1. The van der Waals surface area contributed by atoms with E-state index in [1.807, 2.05) is 61.5 Å². The van der Waals surface area contributed by atoms with Crippen molar-refractivity contribution < 1.29 is 8.42 Å². The van der Waals surface area contributed by atoms with Gasteiger partial charge in [-0.2, -0.15) is 0 Å². The Morgan fingerprint density at radius 3 is 2.13 bits per heavy atom. The van der Waals surface area contributed by atoms with Gasteiger partial charge in [-0.3, -0.25) is 0 Å². The van der Waals surface area contributed by atoms with E-state index >= 15 is 0 Å². The fourth-order valence-corrected chi connectivity index (χ4v) is 3.95. The minimum atomic E-state index is -3.39. The summed E-state index contributed by atoms with van der Waals surface area (Å²) in [6, 6.07) is 17.2. The molecule has 23 heavy (non-hydrogen) atoms. The summed E-state index contributed by atoms with van der Waals surface area (Å²) in [5, 5.41) is 0. The largest absolute Gasteiger partial charge is 0.216 e. The fourth-order valence-electron chi connectivity index (χ4n) is 2.57. The molecule has 2 aromatic rings. The molecule has 2 rings (SSSR count). The van der Waals surface area contributed by atoms with Gasteiger partial charge in [-0.15, -0.1) is 0 Å². The third kappa shape index (κ3) is 5.81. The zero-order valence-electron chi connectivity index (χ0n) is 14.0. The Hall–Kier alpha value is -1.65. The maximum atomic E-state index is 12.5. The van der Waals surface area contributed by atoms with E-state index in [1.54, 1.807) is 0 Å². The third-order valence-electron chi connectivity index (χ3n) is 3.71. The van der Waals surface area contributed by atoms with Crippen LogP contribution in [0.1, 0.15) is 43.0 Å². The summed E-state index contributed by atoms with van der Waals surface area (Å²) in [5.41, 5.74) is 2.94. The van der Waals surface area contributed by atoms with E-state index in [-0.39, 0.29) is 11.8 Å². The number of rotatable bonds is 7. The predicted octanol–water partition coefficient (Wildman–Crippen LogP) is 4.20. The molecule has 1 N–H and O–H groups in total. The number of sulfonamides is 1. The van der Waals surface area contributed by atoms with Crippen molar-refractivity contribution in [2.24, 2.45) is 5.92 Å². The zero-order valence-corrected chi connectivity index (χ0v) is 14.8. The normalized spacial score (nSPS) is 13.2. The number of hydrogen-bond acceptors (Lipinski definition) is 2. The van der Waals surface area contributed by atoms with Gasteiger partial charge in [0.05, 0.1) is 5.75 Å². The Morgan fingerprint density at radius 2 is 1.57 bits per heavy atom. The molecule has 1 atom stereocenters. The van der Waals surface area contributed by atoms with Crippen LogP contribution in [0.4, 0.5) is 0 Å². The monoisotopic (exact) mass is 331 g/mol. The number of aryl methyl sites for hydroxylation is 1. The van der Waals surface area contributed by atoms with Crippen LogP contribution in [0.15, 0.2) is 54.6 Å². The molecule has 0 aliphatic carbocycles. The smallest absolute Gasteiger partial charge is 0.212 e. The van der Waals surface area contributed by atoms with E-state index in [0.717, 1.165) is 23.1 Å². The van der Waals surface area contributed by atoms with Crippen LogP contribution in [0, 0.1) is 12.8 Å². The molecule has 3 nitrogen and oxygen atoms in total. The minimum Gasteiger partial charge on any atom is -0.212 e. The Kier molecular flexibility index (Phi) is 5.97. The highest BCUT2D eigenvalue weighted by molar-refractivity contribution is 7.88. The molecule has 0 saturated carbocycles. The molecule has 0 spiro atoms. The Bertz CT molecular complexity index is 707. The van der Waals surface area contributed by atoms with E-state index in [9.17, 15) is 8.42 Å². The molecule has 0 aliphatic rings. The second kappa shape index (κ2) is 7.75. The van der Waals surface area contributed by atoms with Gasteiger partial charge in [0.1, 0.15) is 0 Å². The molecular weight excluding hydrogens is 306 g/mol. The summed E-state index contributed by atoms with van der Waals surface area (Å²) in [6.45, 7) is 6.19. The van der Waals surface area contributed by atoms with Crippen molar-refractivity contribution in [1.82, 2.24) is 4.72 Å². The summed E-state index contributed by atoms with van der Waals surface area (Å²) >= 11 is 0. The van der Waals surface area contributed by atoms with Gasteiger partial charge in [0.15, 0.2) is 0 Å². The van der Waals surface area contributed by atoms with Gasteiger partial charge in [-0.05, 0) is 30.4 Å². The van der Waals surface area contributed by atoms with Crippen molar-refractivity contribution in [3.63, 3.8) is 0 Å². The number of benzene rings is 2. The van der Waals surface area contributed by atoms with E-state index in [4.69, 9.17) is 0 Å². The summed E-state index contributed by atoms with van der Waals surface area (Å²) in [4.78, 5) is 0. The fraction of sp³-hybridized carbons (Fsp3) is 0.368. The van der Waals surface area contributed by atoms with E-state index in [2.05, 4.69) is 18.6 Å². The van der Waals surface area contributed by atoms with Crippen molar-refractivity contribution >= 4 is 10.0 Å². The number of hydrogen-bond donors (Lipinski definition) is 1. The molecule has 0 amide bonds. The van der Waals surface area contributed by atoms with Crippen LogP contribution < -0.4 is 4.72 Å². The minimum absolute atomic E-state index is 0.00864. The first kappa shape index (κ1) is 17.7.